The summed E-state index contributed by atoms with van der Waals surface area (Å²) in [6, 6.07) is 9.69. The lowest BCUT2D eigenvalue weighted by Crippen LogP contribution is -2.12. The van der Waals surface area contributed by atoms with Gasteiger partial charge >= 0.3 is 0 Å². The Kier molecular flexibility index (Phi) is 2.42. The van der Waals surface area contributed by atoms with Gasteiger partial charge in [0.05, 0.1) is 11.1 Å². The van der Waals surface area contributed by atoms with Gasteiger partial charge in [0.2, 0.25) is 0 Å². The van der Waals surface area contributed by atoms with Crippen LogP contribution in [0, 0.1) is 0 Å². The first-order valence-electron chi connectivity index (χ1n) is 4.26. The van der Waals surface area contributed by atoms with Crippen LogP contribution in [-0.4, -0.2) is 18.6 Å². The van der Waals surface area contributed by atoms with Gasteiger partial charge in [-0.15, -0.1) is 0 Å². The standard InChI is InChI=1S/C9H9N3O2S/c13-15(14,8-4-2-1-3-5-8)12-9-6-7-10-11-9/h1-7H,(H2,10,11,12). The SMILES string of the molecule is O=S(=O)(Nc1ccn[nH]1)c1ccccc1. The van der Waals surface area contributed by atoms with Crippen molar-refractivity contribution in [1.29, 1.82) is 0 Å². The van der Waals surface area contributed by atoms with Gasteiger partial charge in [-0.05, 0) is 12.1 Å². The summed E-state index contributed by atoms with van der Waals surface area (Å²) in [6.07, 6.45) is 1.48. The van der Waals surface area contributed by atoms with E-state index in [2.05, 4.69) is 14.9 Å². The molecule has 0 spiro atoms. The molecule has 0 aliphatic heterocycles. The summed E-state index contributed by atoms with van der Waals surface area (Å²) in [6.45, 7) is 0. The Morgan fingerprint density at radius 1 is 1.13 bits per heavy atom. The van der Waals surface area contributed by atoms with E-state index in [1.54, 1.807) is 24.3 Å². The lowest BCUT2D eigenvalue weighted by molar-refractivity contribution is 0.601. The summed E-state index contributed by atoms with van der Waals surface area (Å²) < 4.78 is 25.9. The Bertz CT molecular complexity index is 520. The predicted octanol–water partition coefficient (Wildman–Crippen LogP) is 1.21. The van der Waals surface area contributed by atoms with E-state index in [1.165, 1.54) is 18.3 Å². The number of nitrogens with one attached hydrogen (secondary N) is 2. The van der Waals surface area contributed by atoms with Crippen LogP contribution in [0.4, 0.5) is 5.82 Å². The lowest BCUT2D eigenvalue weighted by Gasteiger charge is -2.04. The number of sulfonamides is 1. The molecular weight excluding hydrogens is 214 g/mol. The highest BCUT2D eigenvalue weighted by atomic mass is 32.2. The van der Waals surface area contributed by atoms with Crippen LogP contribution in [0.15, 0.2) is 47.5 Å². The molecule has 0 amide bonds. The van der Waals surface area contributed by atoms with Crippen LogP contribution in [0.3, 0.4) is 0 Å². The van der Waals surface area contributed by atoms with Crippen molar-refractivity contribution in [2.45, 2.75) is 4.90 Å². The number of anilines is 1. The van der Waals surface area contributed by atoms with Gasteiger partial charge in [-0.3, -0.25) is 9.82 Å². The molecule has 0 saturated carbocycles. The van der Waals surface area contributed by atoms with Gasteiger partial charge in [-0.25, -0.2) is 8.42 Å². The Balaban J connectivity index is 2.29. The number of H-pyrrole nitrogens is 1. The molecule has 5 nitrogen and oxygen atoms in total. The Morgan fingerprint density at radius 3 is 2.47 bits per heavy atom. The minimum absolute atomic E-state index is 0.222. The van der Waals surface area contributed by atoms with Crippen LogP contribution in [0.5, 0.6) is 0 Å². The summed E-state index contributed by atoms with van der Waals surface area (Å²) in [5, 5.41) is 6.17. The largest absolute Gasteiger partial charge is 0.264 e. The van der Waals surface area contributed by atoms with Gasteiger partial charge in [0.25, 0.3) is 10.0 Å². The average molecular weight is 223 g/mol. The maximum absolute atomic E-state index is 11.7. The zero-order valence-electron chi connectivity index (χ0n) is 7.71. The van der Waals surface area contributed by atoms with Crippen molar-refractivity contribution in [1.82, 2.24) is 10.2 Å². The molecule has 2 rings (SSSR count). The van der Waals surface area contributed by atoms with E-state index in [1.807, 2.05) is 0 Å². The minimum atomic E-state index is -3.50. The molecule has 78 valence electrons. The highest BCUT2D eigenvalue weighted by molar-refractivity contribution is 7.92. The second kappa shape index (κ2) is 3.74. The first kappa shape index (κ1) is 9.72. The van der Waals surface area contributed by atoms with Crippen molar-refractivity contribution < 1.29 is 8.42 Å². The number of hydrogen-bond acceptors (Lipinski definition) is 3. The summed E-state index contributed by atoms with van der Waals surface area (Å²) in [4.78, 5) is 0.222. The zero-order valence-corrected chi connectivity index (χ0v) is 8.53. The maximum atomic E-state index is 11.7. The van der Waals surface area contributed by atoms with E-state index >= 15 is 0 Å². The molecule has 1 heterocycles. The van der Waals surface area contributed by atoms with Crippen LogP contribution in [0.2, 0.25) is 0 Å². The fourth-order valence-electron chi connectivity index (χ4n) is 1.12. The second-order valence-corrected chi connectivity index (χ2v) is 4.57. The third kappa shape index (κ3) is 2.16. The van der Waals surface area contributed by atoms with Crippen LogP contribution >= 0.6 is 0 Å². The van der Waals surface area contributed by atoms with Crippen molar-refractivity contribution in [2.75, 3.05) is 4.72 Å². The molecule has 0 aliphatic carbocycles. The van der Waals surface area contributed by atoms with E-state index in [9.17, 15) is 8.42 Å². The number of aromatic amines is 1. The van der Waals surface area contributed by atoms with E-state index in [4.69, 9.17) is 0 Å². The number of nitrogens with zero attached hydrogens (tertiary/aromatic N) is 1. The van der Waals surface area contributed by atoms with Crippen LogP contribution in [-0.2, 0) is 10.0 Å². The van der Waals surface area contributed by atoms with Crippen LogP contribution in [0.25, 0.3) is 0 Å². The molecule has 2 N–H and O–H groups in total. The topological polar surface area (TPSA) is 74.8 Å². The first-order chi connectivity index (χ1) is 7.18. The molecular formula is C9H9N3O2S. The van der Waals surface area contributed by atoms with Gasteiger partial charge in [-0.1, -0.05) is 18.2 Å². The second-order valence-electron chi connectivity index (χ2n) is 2.89. The van der Waals surface area contributed by atoms with Crippen molar-refractivity contribution in [2.24, 2.45) is 0 Å². The number of benzene rings is 1. The molecule has 15 heavy (non-hydrogen) atoms. The fraction of sp³-hybridized carbons (Fsp3) is 0. The summed E-state index contributed by atoms with van der Waals surface area (Å²) in [7, 11) is -3.50. The minimum Gasteiger partial charge on any atom is -0.264 e. The highest BCUT2D eigenvalue weighted by Crippen LogP contribution is 2.12. The van der Waals surface area contributed by atoms with E-state index in [0.29, 0.717) is 5.82 Å². The van der Waals surface area contributed by atoms with Crippen molar-refractivity contribution >= 4 is 15.8 Å². The van der Waals surface area contributed by atoms with Gasteiger partial charge in [0.1, 0.15) is 5.82 Å². The Labute approximate surface area is 87.2 Å². The summed E-state index contributed by atoms with van der Waals surface area (Å²) in [5.41, 5.74) is 0. The molecule has 0 bridgehead atoms. The normalized spacial score (nSPS) is 11.2. The highest BCUT2D eigenvalue weighted by Gasteiger charge is 2.13. The molecule has 0 unspecified atom stereocenters. The van der Waals surface area contributed by atoms with Gasteiger partial charge < -0.3 is 0 Å². The van der Waals surface area contributed by atoms with Gasteiger partial charge in [0.15, 0.2) is 0 Å². The molecule has 0 radical (unpaired) electrons. The molecule has 1 aromatic heterocycles. The molecule has 0 atom stereocenters. The van der Waals surface area contributed by atoms with Gasteiger partial charge in [0, 0.05) is 6.07 Å². The summed E-state index contributed by atoms with van der Waals surface area (Å²) in [5.74, 6) is 0.346. The average Bonchev–Trinajstić information content (AvgIpc) is 2.71. The lowest BCUT2D eigenvalue weighted by atomic mass is 10.4. The van der Waals surface area contributed by atoms with Gasteiger partial charge in [-0.2, -0.15) is 5.10 Å². The number of hydrogen-bond donors (Lipinski definition) is 2. The monoisotopic (exact) mass is 223 g/mol. The quantitative estimate of drug-likeness (QED) is 0.821. The zero-order chi connectivity index (χ0) is 10.7. The van der Waals surface area contributed by atoms with Crippen molar-refractivity contribution in [3.63, 3.8) is 0 Å². The molecule has 2 aromatic rings. The Morgan fingerprint density at radius 2 is 1.87 bits per heavy atom. The third-order valence-electron chi connectivity index (χ3n) is 1.80. The molecule has 0 fully saturated rings. The van der Waals surface area contributed by atoms with Crippen molar-refractivity contribution in [3.8, 4) is 0 Å². The molecule has 0 aliphatic rings. The molecule has 0 saturated heterocycles. The Hall–Kier alpha value is -1.82. The van der Waals surface area contributed by atoms with E-state index in [0.717, 1.165) is 0 Å². The van der Waals surface area contributed by atoms with Crippen LogP contribution in [0.1, 0.15) is 0 Å². The summed E-state index contributed by atoms with van der Waals surface area (Å²) >= 11 is 0. The van der Waals surface area contributed by atoms with Crippen molar-refractivity contribution in [3.05, 3.63) is 42.6 Å². The fourth-order valence-corrected chi connectivity index (χ4v) is 2.15. The van der Waals surface area contributed by atoms with Crippen LogP contribution < -0.4 is 4.72 Å². The first-order valence-corrected chi connectivity index (χ1v) is 5.74. The maximum Gasteiger partial charge on any atom is 0.263 e. The number of rotatable bonds is 3. The number of aromatic nitrogens is 2. The predicted molar refractivity (Wildman–Crippen MR) is 55.8 cm³/mol. The van der Waals surface area contributed by atoms with E-state index in [-0.39, 0.29) is 4.90 Å². The smallest absolute Gasteiger partial charge is 0.263 e. The van der Waals surface area contributed by atoms with E-state index < -0.39 is 10.0 Å². The molecule has 1 aromatic carbocycles. The molecule has 6 heteroatoms. The third-order valence-corrected chi connectivity index (χ3v) is 3.18.